The lowest BCUT2D eigenvalue weighted by atomic mass is 9.86. The SMILES string of the molecule is COC(=O)CC=Cc1cccc(C(C)(C)C)c1. The Kier molecular flexibility index (Phi) is 4.50. The van der Waals surface area contributed by atoms with Crippen molar-refractivity contribution in [3.05, 3.63) is 41.5 Å². The Morgan fingerprint density at radius 3 is 2.65 bits per heavy atom. The first kappa shape index (κ1) is 13.5. The molecule has 92 valence electrons. The van der Waals surface area contributed by atoms with E-state index in [9.17, 15) is 4.79 Å². The molecule has 0 aliphatic rings. The first-order chi connectivity index (χ1) is 7.93. The third kappa shape index (κ3) is 4.43. The van der Waals surface area contributed by atoms with E-state index in [1.54, 1.807) is 0 Å². The molecule has 0 spiro atoms. The van der Waals surface area contributed by atoms with Gasteiger partial charge in [-0.3, -0.25) is 4.79 Å². The predicted octanol–water partition coefficient (Wildman–Crippen LogP) is 3.56. The third-order valence-corrected chi connectivity index (χ3v) is 2.58. The minimum absolute atomic E-state index is 0.145. The lowest BCUT2D eigenvalue weighted by Gasteiger charge is -2.19. The largest absolute Gasteiger partial charge is 0.469 e. The van der Waals surface area contributed by atoms with E-state index in [1.165, 1.54) is 12.7 Å². The molecule has 0 amide bonds. The fraction of sp³-hybridized carbons (Fsp3) is 0.400. The number of carbonyl (C=O) groups is 1. The molecule has 1 aromatic rings. The normalized spacial score (nSPS) is 11.8. The van der Waals surface area contributed by atoms with E-state index in [2.05, 4.69) is 37.6 Å². The minimum atomic E-state index is -0.215. The molecule has 0 atom stereocenters. The molecule has 0 aromatic heterocycles. The van der Waals surface area contributed by atoms with E-state index in [0.29, 0.717) is 6.42 Å². The number of esters is 1. The van der Waals surface area contributed by atoms with Gasteiger partial charge in [0, 0.05) is 0 Å². The summed E-state index contributed by atoms with van der Waals surface area (Å²) >= 11 is 0. The molecule has 2 heteroatoms. The lowest BCUT2D eigenvalue weighted by Crippen LogP contribution is -2.10. The number of hydrogen-bond acceptors (Lipinski definition) is 2. The van der Waals surface area contributed by atoms with Crippen molar-refractivity contribution in [2.24, 2.45) is 0 Å². The van der Waals surface area contributed by atoms with Gasteiger partial charge < -0.3 is 4.74 Å². The average molecular weight is 232 g/mol. The number of rotatable bonds is 3. The van der Waals surface area contributed by atoms with E-state index >= 15 is 0 Å². The topological polar surface area (TPSA) is 26.3 Å². The molecular formula is C15H20O2. The highest BCUT2D eigenvalue weighted by molar-refractivity contribution is 5.72. The van der Waals surface area contributed by atoms with Crippen LogP contribution in [0.3, 0.4) is 0 Å². The number of methoxy groups -OCH3 is 1. The molecule has 17 heavy (non-hydrogen) atoms. The van der Waals surface area contributed by atoms with Crippen molar-refractivity contribution in [1.82, 2.24) is 0 Å². The summed E-state index contributed by atoms with van der Waals surface area (Å²) in [5.41, 5.74) is 2.55. The number of ether oxygens (including phenoxy) is 1. The third-order valence-electron chi connectivity index (χ3n) is 2.58. The van der Waals surface area contributed by atoms with E-state index in [-0.39, 0.29) is 11.4 Å². The van der Waals surface area contributed by atoms with Gasteiger partial charge in [-0.25, -0.2) is 0 Å². The van der Waals surface area contributed by atoms with Gasteiger partial charge in [0.1, 0.15) is 0 Å². The standard InChI is InChI=1S/C15H20O2/c1-15(2,3)13-9-5-7-12(11-13)8-6-10-14(16)17-4/h5-9,11H,10H2,1-4H3. The molecule has 0 N–H and O–H groups in total. The summed E-state index contributed by atoms with van der Waals surface area (Å²) in [4.78, 5) is 11.0. The van der Waals surface area contributed by atoms with Crippen molar-refractivity contribution in [3.8, 4) is 0 Å². The van der Waals surface area contributed by atoms with Crippen LogP contribution in [-0.2, 0) is 14.9 Å². The molecule has 0 radical (unpaired) electrons. The summed E-state index contributed by atoms with van der Waals surface area (Å²) in [6.07, 6.45) is 4.09. The van der Waals surface area contributed by atoms with Crippen molar-refractivity contribution < 1.29 is 9.53 Å². The molecule has 0 unspecified atom stereocenters. The Morgan fingerprint density at radius 2 is 2.06 bits per heavy atom. The summed E-state index contributed by atoms with van der Waals surface area (Å²) in [6.45, 7) is 6.55. The summed E-state index contributed by atoms with van der Waals surface area (Å²) in [5, 5.41) is 0. The van der Waals surface area contributed by atoms with Crippen LogP contribution in [0.25, 0.3) is 6.08 Å². The fourth-order valence-electron chi connectivity index (χ4n) is 1.48. The van der Waals surface area contributed by atoms with Crippen molar-refractivity contribution >= 4 is 12.0 Å². The van der Waals surface area contributed by atoms with E-state index in [4.69, 9.17) is 0 Å². The van der Waals surface area contributed by atoms with Gasteiger partial charge in [-0.05, 0) is 16.5 Å². The molecule has 0 aliphatic heterocycles. The highest BCUT2D eigenvalue weighted by Gasteiger charge is 2.12. The number of carbonyl (C=O) groups excluding carboxylic acids is 1. The van der Waals surface area contributed by atoms with Crippen molar-refractivity contribution in [2.45, 2.75) is 32.6 Å². The Morgan fingerprint density at radius 1 is 1.35 bits per heavy atom. The Hall–Kier alpha value is -1.57. The molecule has 2 nitrogen and oxygen atoms in total. The van der Waals surface area contributed by atoms with Crippen LogP contribution in [0.4, 0.5) is 0 Å². The molecule has 0 fully saturated rings. The Balaban J connectivity index is 2.76. The van der Waals surface area contributed by atoms with Crippen LogP contribution in [0.15, 0.2) is 30.3 Å². The molecule has 0 saturated carbocycles. The zero-order valence-corrected chi connectivity index (χ0v) is 11.0. The molecule has 0 heterocycles. The quantitative estimate of drug-likeness (QED) is 0.745. The van der Waals surface area contributed by atoms with Crippen LogP contribution >= 0.6 is 0 Å². The van der Waals surface area contributed by atoms with Gasteiger partial charge in [-0.1, -0.05) is 57.2 Å². The number of benzene rings is 1. The molecule has 0 aliphatic carbocycles. The van der Waals surface area contributed by atoms with E-state index < -0.39 is 0 Å². The number of hydrogen-bond donors (Lipinski definition) is 0. The zero-order valence-electron chi connectivity index (χ0n) is 11.0. The second-order valence-corrected chi connectivity index (χ2v) is 5.06. The highest BCUT2D eigenvalue weighted by Crippen LogP contribution is 2.23. The van der Waals surface area contributed by atoms with Crippen LogP contribution in [0.5, 0.6) is 0 Å². The van der Waals surface area contributed by atoms with Crippen LogP contribution in [0.2, 0.25) is 0 Å². The molecule has 0 bridgehead atoms. The summed E-state index contributed by atoms with van der Waals surface area (Å²) in [7, 11) is 1.40. The minimum Gasteiger partial charge on any atom is -0.469 e. The first-order valence-electron chi connectivity index (χ1n) is 5.77. The Labute approximate surface area is 103 Å². The second kappa shape index (κ2) is 5.67. The van der Waals surface area contributed by atoms with Gasteiger partial charge >= 0.3 is 5.97 Å². The maximum absolute atomic E-state index is 11.0. The fourth-order valence-corrected chi connectivity index (χ4v) is 1.48. The lowest BCUT2D eigenvalue weighted by molar-refractivity contribution is -0.139. The highest BCUT2D eigenvalue weighted by atomic mass is 16.5. The van der Waals surface area contributed by atoms with Crippen LogP contribution in [0, 0.1) is 0 Å². The van der Waals surface area contributed by atoms with Gasteiger partial charge in [-0.2, -0.15) is 0 Å². The van der Waals surface area contributed by atoms with Crippen LogP contribution in [0.1, 0.15) is 38.3 Å². The van der Waals surface area contributed by atoms with Crippen molar-refractivity contribution in [2.75, 3.05) is 7.11 Å². The van der Waals surface area contributed by atoms with Gasteiger partial charge in [0.05, 0.1) is 13.5 Å². The molecular weight excluding hydrogens is 212 g/mol. The van der Waals surface area contributed by atoms with Gasteiger partial charge in [0.15, 0.2) is 0 Å². The average Bonchev–Trinajstić information content (AvgIpc) is 2.28. The van der Waals surface area contributed by atoms with Crippen molar-refractivity contribution in [3.63, 3.8) is 0 Å². The summed E-state index contributed by atoms with van der Waals surface area (Å²) in [6, 6.07) is 8.34. The Bertz CT molecular complexity index is 411. The maximum Gasteiger partial charge on any atom is 0.309 e. The second-order valence-electron chi connectivity index (χ2n) is 5.06. The zero-order chi connectivity index (χ0) is 12.9. The van der Waals surface area contributed by atoms with Gasteiger partial charge in [0.2, 0.25) is 0 Å². The molecule has 1 rings (SSSR count). The summed E-state index contributed by atoms with van der Waals surface area (Å²) < 4.78 is 4.58. The van der Waals surface area contributed by atoms with E-state index in [0.717, 1.165) is 5.56 Å². The van der Waals surface area contributed by atoms with Gasteiger partial charge in [0.25, 0.3) is 0 Å². The van der Waals surface area contributed by atoms with Gasteiger partial charge in [-0.15, -0.1) is 0 Å². The van der Waals surface area contributed by atoms with Crippen molar-refractivity contribution in [1.29, 1.82) is 0 Å². The van der Waals surface area contributed by atoms with Crippen LogP contribution in [-0.4, -0.2) is 13.1 Å². The first-order valence-corrected chi connectivity index (χ1v) is 5.77. The smallest absolute Gasteiger partial charge is 0.309 e. The molecule has 0 saturated heterocycles. The summed E-state index contributed by atoms with van der Waals surface area (Å²) in [5.74, 6) is -0.215. The predicted molar refractivity (Wildman–Crippen MR) is 70.8 cm³/mol. The van der Waals surface area contributed by atoms with Crippen LogP contribution < -0.4 is 0 Å². The maximum atomic E-state index is 11.0. The molecule has 1 aromatic carbocycles. The monoisotopic (exact) mass is 232 g/mol. The van der Waals surface area contributed by atoms with E-state index in [1.807, 2.05) is 24.3 Å².